The second-order valence-corrected chi connectivity index (χ2v) is 13.2. The number of unbranched alkanes of at least 4 members (excludes halogenated alkanes) is 4. The van der Waals surface area contributed by atoms with Crippen molar-refractivity contribution >= 4 is 39.6 Å². The van der Waals surface area contributed by atoms with E-state index in [-0.39, 0.29) is 37.4 Å². The third-order valence-electron chi connectivity index (χ3n) is 9.30. The number of hydrogen-bond donors (Lipinski definition) is 2. The lowest BCUT2D eigenvalue weighted by Crippen LogP contribution is -2.56. The standard InChI is InChI=1S/C34H44BrN3O7/c1-2-3-10-17-37-18-11-5-9-16-26(40)44-22-25(23-14-7-4-8-15-23)36-31(41)27-28-32(42)38(19-12-6-13-20-39)30(33(37)43)34(28)21-24(35)29(27)45-34/h4-5,7-8,11,14-15,21,25,27-30,39H,2-3,6,9-10,12-13,16-20,22H2,1H3,(H,36,41)/b11-5-/t25-,27-,28+,29-,30-,34+/m1/s1. The highest BCUT2D eigenvalue weighted by Crippen LogP contribution is 2.58. The number of likely N-dealkylation sites (tertiary alicyclic amines) is 1. The smallest absolute Gasteiger partial charge is 0.306 e. The number of cyclic esters (lactones) is 1. The van der Waals surface area contributed by atoms with Crippen molar-refractivity contribution in [2.75, 3.05) is 32.8 Å². The molecule has 5 rings (SSSR count). The van der Waals surface area contributed by atoms with E-state index in [1.165, 1.54) is 0 Å². The second kappa shape index (κ2) is 15.0. The van der Waals surface area contributed by atoms with Gasteiger partial charge in [-0.1, -0.05) is 78.2 Å². The largest absolute Gasteiger partial charge is 0.463 e. The number of rotatable bonds is 10. The van der Waals surface area contributed by atoms with E-state index in [9.17, 15) is 24.3 Å². The number of aliphatic hydroxyl groups excluding tert-OH is 1. The normalized spacial score (nSPS) is 31.1. The van der Waals surface area contributed by atoms with Crippen molar-refractivity contribution < 1.29 is 33.8 Å². The zero-order valence-corrected chi connectivity index (χ0v) is 27.5. The lowest BCUT2D eigenvalue weighted by atomic mass is 9.74. The molecule has 4 heterocycles. The van der Waals surface area contributed by atoms with Crippen LogP contribution in [0.1, 0.15) is 69.9 Å². The van der Waals surface area contributed by atoms with Gasteiger partial charge in [0.1, 0.15) is 24.4 Å². The second-order valence-electron chi connectivity index (χ2n) is 12.3. The molecule has 4 aliphatic rings. The first-order chi connectivity index (χ1) is 21.8. The number of allylic oxidation sites excluding steroid dienone is 1. The van der Waals surface area contributed by atoms with Crippen LogP contribution < -0.4 is 5.32 Å². The maximum absolute atomic E-state index is 14.6. The lowest BCUT2D eigenvalue weighted by molar-refractivity contribution is -0.148. The molecule has 0 saturated carbocycles. The highest BCUT2D eigenvalue weighted by Gasteiger charge is 2.74. The fraction of sp³-hybridized carbons (Fsp3) is 0.588. The fourth-order valence-corrected chi connectivity index (χ4v) is 7.80. The number of carbonyl (C=O) groups excluding carboxylic acids is 4. The topological polar surface area (TPSA) is 125 Å². The fourth-order valence-electron chi connectivity index (χ4n) is 7.07. The van der Waals surface area contributed by atoms with E-state index in [0.29, 0.717) is 49.8 Å². The van der Waals surface area contributed by atoms with Crippen molar-refractivity contribution in [1.29, 1.82) is 0 Å². The van der Waals surface area contributed by atoms with Crippen LogP contribution in [0.3, 0.4) is 0 Å². The molecule has 1 spiro atoms. The summed E-state index contributed by atoms with van der Waals surface area (Å²) in [5.74, 6) is -3.04. The number of nitrogens with one attached hydrogen (secondary N) is 1. The zero-order valence-electron chi connectivity index (χ0n) is 25.9. The summed E-state index contributed by atoms with van der Waals surface area (Å²) in [6.07, 6.45) is 10.2. The van der Waals surface area contributed by atoms with E-state index in [0.717, 1.165) is 24.8 Å². The predicted molar refractivity (Wildman–Crippen MR) is 171 cm³/mol. The van der Waals surface area contributed by atoms with Crippen molar-refractivity contribution in [2.24, 2.45) is 11.8 Å². The van der Waals surface area contributed by atoms with Crippen molar-refractivity contribution in [1.82, 2.24) is 15.1 Å². The molecule has 2 fully saturated rings. The van der Waals surface area contributed by atoms with Gasteiger partial charge >= 0.3 is 5.97 Å². The average Bonchev–Trinajstić information content (AvgIpc) is 3.63. The molecule has 2 saturated heterocycles. The number of benzene rings is 1. The van der Waals surface area contributed by atoms with Crippen molar-refractivity contribution in [3.63, 3.8) is 0 Å². The summed E-state index contributed by atoms with van der Waals surface area (Å²) in [5.41, 5.74) is -0.532. The maximum atomic E-state index is 14.6. The summed E-state index contributed by atoms with van der Waals surface area (Å²) in [4.78, 5) is 59.2. The molecule has 45 heavy (non-hydrogen) atoms. The summed E-state index contributed by atoms with van der Waals surface area (Å²) in [5, 5.41) is 12.4. The third kappa shape index (κ3) is 6.90. The van der Waals surface area contributed by atoms with Gasteiger partial charge in [0.05, 0.1) is 17.9 Å². The number of amides is 3. The predicted octanol–water partition coefficient (Wildman–Crippen LogP) is 3.79. The Kier molecular flexibility index (Phi) is 11.1. The number of halogens is 1. The summed E-state index contributed by atoms with van der Waals surface area (Å²) >= 11 is 3.62. The molecule has 3 amide bonds. The van der Waals surface area contributed by atoms with Crippen molar-refractivity contribution in [3.8, 4) is 0 Å². The van der Waals surface area contributed by atoms with E-state index >= 15 is 0 Å². The third-order valence-corrected chi connectivity index (χ3v) is 9.98. The van der Waals surface area contributed by atoms with Gasteiger partial charge in [0.25, 0.3) is 0 Å². The van der Waals surface area contributed by atoms with Crippen LogP contribution in [0.4, 0.5) is 0 Å². The molecule has 0 unspecified atom stereocenters. The summed E-state index contributed by atoms with van der Waals surface area (Å²) < 4.78 is 12.9. The first-order valence-corrected chi connectivity index (χ1v) is 17.0. The number of hydrogen-bond acceptors (Lipinski definition) is 7. The van der Waals surface area contributed by atoms with Gasteiger partial charge < -0.3 is 29.7 Å². The summed E-state index contributed by atoms with van der Waals surface area (Å²) in [7, 11) is 0. The molecule has 1 aromatic rings. The maximum Gasteiger partial charge on any atom is 0.306 e. The summed E-state index contributed by atoms with van der Waals surface area (Å²) in [6, 6.07) is 7.72. The van der Waals surface area contributed by atoms with Gasteiger partial charge in [0.15, 0.2) is 0 Å². The molecule has 0 radical (unpaired) electrons. The number of fused-ring (bicyclic) bond motifs is 2. The van der Waals surface area contributed by atoms with Crippen molar-refractivity contribution in [3.05, 3.63) is 58.6 Å². The number of nitrogens with zero attached hydrogens (tertiary/aromatic N) is 2. The van der Waals surface area contributed by atoms with Crippen LogP contribution in [0.2, 0.25) is 0 Å². The van der Waals surface area contributed by atoms with Crippen LogP contribution in [0.25, 0.3) is 0 Å². The molecule has 0 aliphatic carbocycles. The molecule has 1 aromatic carbocycles. The Bertz CT molecular complexity index is 1300. The Morgan fingerprint density at radius 1 is 1.00 bits per heavy atom. The van der Waals surface area contributed by atoms with E-state index in [1.807, 2.05) is 48.6 Å². The molecular weight excluding hydrogens is 642 g/mol. The lowest BCUT2D eigenvalue weighted by Gasteiger charge is -2.36. The molecule has 0 aromatic heterocycles. The molecule has 5 bridgehead atoms. The van der Waals surface area contributed by atoms with Gasteiger partial charge in [-0.05, 0) is 43.7 Å². The molecule has 4 aliphatic heterocycles. The van der Waals surface area contributed by atoms with Crippen LogP contribution in [0, 0.1) is 11.8 Å². The Morgan fingerprint density at radius 2 is 1.78 bits per heavy atom. The van der Waals surface area contributed by atoms with Crippen LogP contribution in [-0.2, 0) is 28.7 Å². The quantitative estimate of drug-likeness (QED) is 0.218. The number of esters is 1. The van der Waals surface area contributed by atoms with Crippen LogP contribution in [0.15, 0.2) is 53.0 Å². The van der Waals surface area contributed by atoms with Gasteiger partial charge in [-0.15, -0.1) is 0 Å². The highest BCUT2D eigenvalue weighted by atomic mass is 79.9. The monoisotopic (exact) mass is 685 g/mol. The summed E-state index contributed by atoms with van der Waals surface area (Å²) in [6.45, 7) is 3.27. The van der Waals surface area contributed by atoms with E-state index < -0.39 is 41.5 Å². The van der Waals surface area contributed by atoms with Crippen LogP contribution >= 0.6 is 15.9 Å². The average molecular weight is 687 g/mol. The van der Waals surface area contributed by atoms with Gasteiger partial charge in [-0.25, -0.2) is 0 Å². The van der Waals surface area contributed by atoms with E-state index in [1.54, 1.807) is 9.80 Å². The van der Waals surface area contributed by atoms with Crippen LogP contribution in [-0.4, -0.2) is 89.2 Å². The van der Waals surface area contributed by atoms with Crippen molar-refractivity contribution in [2.45, 2.75) is 82.1 Å². The Hall–Kier alpha value is -3.02. The number of aliphatic hydroxyl groups is 1. The van der Waals surface area contributed by atoms with Gasteiger partial charge in [0.2, 0.25) is 17.7 Å². The molecule has 10 nitrogen and oxygen atoms in total. The SMILES string of the molecule is CCCCCN1C/C=C\CCC(=O)OC[C@H](c2ccccc2)NC(=O)[C@H]2[C@@H]3O[C@@]4(C=C3Br)[C@@H]2C(=O)N(CCCCCO)[C@@H]4C1=O. The number of ether oxygens (including phenoxy) is 2. The number of carbonyl (C=O) groups is 4. The highest BCUT2D eigenvalue weighted by molar-refractivity contribution is 9.11. The minimum atomic E-state index is -1.30. The van der Waals surface area contributed by atoms with Gasteiger partial charge in [0, 0.05) is 37.1 Å². The Morgan fingerprint density at radius 3 is 2.53 bits per heavy atom. The van der Waals surface area contributed by atoms with Gasteiger partial charge in [-0.3, -0.25) is 19.2 Å². The first kappa shape index (κ1) is 33.3. The van der Waals surface area contributed by atoms with Gasteiger partial charge in [-0.2, -0.15) is 0 Å². The Balaban J connectivity index is 1.54. The van der Waals surface area contributed by atoms with Crippen LogP contribution in [0.5, 0.6) is 0 Å². The Labute approximate surface area is 273 Å². The van der Waals surface area contributed by atoms with E-state index in [4.69, 9.17) is 9.47 Å². The molecule has 11 heteroatoms. The minimum Gasteiger partial charge on any atom is -0.463 e. The van der Waals surface area contributed by atoms with E-state index in [2.05, 4.69) is 28.2 Å². The molecule has 244 valence electrons. The first-order valence-electron chi connectivity index (χ1n) is 16.2. The minimum absolute atomic E-state index is 0.0550. The molecule has 6 atom stereocenters. The zero-order chi connectivity index (χ0) is 32.0. The molecular formula is C34H44BrN3O7. The molecule has 2 N–H and O–H groups in total.